The van der Waals surface area contributed by atoms with E-state index in [0.29, 0.717) is 74.0 Å². The number of anilines is 2. The van der Waals surface area contributed by atoms with Crippen molar-refractivity contribution >= 4 is 56.7 Å². The number of amides is 2. The zero-order valence-electron chi connectivity index (χ0n) is 42.2. The Morgan fingerprint density at radius 2 is 0.843 bits per heavy atom. The Balaban J connectivity index is 0.000000206. The van der Waals surface area contributed by atoms with Crippen LogP contribution in [0.5, 0.6) is 23.0 Å². The highest BCUT2D eigenvalue weighted by atomic mass is 16.5. The van der Waals surface area contributed by atoms with Crippen LogP contribution in [-0.4, -0.2) is 62.4 Å². The molecule has 8 rings (SSSR count). The minimum atomic E-state index is -0.265. The number of hydrogen-bond acceptors (Lipinski definition) is 10. The molecule has 0 saturated carbocycles. The van der Waals surface area contributed by atoms with Crippen molar-refractivity contribution < 1.29 is 47.6 Å². The Bertz CT molecular complexity index is 2790. The van der Waals surface area contributed by atoms with Crippen LogP contribution in [0.25, 0.3) is 21.5 Å². The van der Waals surface area contributed by atoms with Gasteiger partial charge in [-0.3, -0.25) is 19.2 Å². The molecule has 0 N–H and O–H groups in total. The molecule has 2 aliphatic rings. The number of hydrogen-bond donors (Lipinski definition) is 0. The van der Waals surface area contributed by atoms with Crippen LogP contribution >= 0.6 is 0 Å². The Hall–Kier alpha value is -7.08. The van der Waals surface area contributed by atoms with E-state index in [1.165, 1.54) is 0 Å². The lowest BCUT2D eigenvalue weighted by Crippen LogP contribution is -2.23. The van der Waals surface area contributed by atoms with E-state index in [0.717, 1.165) is 66.7 Å². The minimum absolute atomic E-state index is 0.0451. The summed E-state index contributed by atoms with van der Waals surface area (Å²) in [6.45, 7) is 22.4. The molecule has 0 bridgehead atoms. The van der Waals surface area contributed by atoms with Crippen LogP contribution < -0.4 is 28.7 Å². The molecule has 0 radical (unpaired) electrons. The summed E-state index contributed by atoms with van der Waals surface area (Å²) in [6.07, 6.45) is 0.269. The molecule has 0 spiro atoms. The number of ether oxygens (including phenoxy) is 6. The van der Waals surface area contributed by atoms with Crippen LogP contribution in [-0.2, 0) is 45.0 Å². The van der Waals surface area contributed by atoms with Gasteiger partial charge in [-0.05, 0) is 88.8 Å². The first kappa shape index (κ1) is 50.8. The van der Waals surface area contributed by atoms with Crippen molar-refractivity contribution in [2.45, 2.75) is 107 Å². The van der Waals surface area contributed by atoms with E-state index in [1.54, 1.807) is 23.6 Å². The van der Waals surface area contributed by atoms with Gasteiger partial charge >= 0.3 is 11.9 Å². The van der Waals surface area contributed by atoms with Crippen LogP contribution in [0.15, 0.2) is 97.1 Å². The summed E-state index contributed by atoms with van der Waals surface area (Å²) in [5.74, 6) is 2.60. The van der Waals surface area contributed by atoms with Crippen molar-refractivity contribution in [2.24, 2.45) is 11.8 Å². The van der Waals surface area contributed by atoms with Crippen molar-refractivity contribution in [3.05, 3.63) is 130 Å². The van der Waals surface area contributed by atoms with E-state index in [2.05, 4.69) is 27.7 Å². The van der Waals surface area contributed by atoms with Crippen molar-refractivity contribution in [2.75, 3.05) is 36.2 Å². The SMILES string of the molecule is CCOC(=O)Cc1ccc(N2Cc3c(c(OC(C)C)c4ccccc4c3OCC(C)C)C2=O)cc1.CCOC(=O)Cc1ccc(N2Cc3c(c(OCC(C)C)c4ccccc4c3OC(C)C)C2=O)cc1. The maximum Gasteiger partial charge on any atom is 0.310 e. The molecule has 0 aliphatic carbocycles. The highest BCUT2D eigenvalue weighted by Crippen LogP contribution is 2.48. The molecule has 0 saturated heterocycles. The van der Waals surface area contributed by atoms with Crippen LogP contribution in [0, 0.1) is 11.8 Å². The van der Waals surface area contributed by atoms with E-state index in [9.17, 15) is 19.2 Å². The molecule has 0 atom stereocenters. The fourth-order valence-electron chi connectivity index (χ4n) is 8.64. The molecule has 6 aromatic rings. The zero-order valence-corrected chi connectivity index (χ0v) is 42.2. The largest absolute Gasteiger partial charge is 0.492 e. The summed E-state index contributed by atoms with van der Waals surface area (Å²) in [6, 6.07) is 30.8. The molecule has 0 unspecified atom stereocenters. The lowest BCUT2D eigenvalue weighted by atomic mass is 9.99. The van der Waals surface area contributed by atoms with E-state index in [4.69, 9.17) is 28.4 Å². The highest BCUT2D eigenvalue weighted by molar-refractivity contribution is 6.18. The maximum atomic E-state index is 13.8. The van der Waals surface area contributed by atoms with Gasteiger partial charge in [-0.1, -0.05) is 100 Å². The van der Waals surface area contributed by atoms with E-state index in [-0.39, 0.29) is 48.8 Å². The van der Waals surface area contributed by atoms with Gasteiger partial charge in [0.1, 0.15) is 23.0 Å². The van der Waals surface area contributed by atoms with Crippen molar-refractivity contribution in [3.8, 4) is 23.0 Å². The molecule has 2 heterocycles. The van der Waals surface area contributed by atoms with Gasteiger partial charge in [0.2, 0.25) is 0 Å². The monoisotopic (exact) mass is 950 g/mol. The standard InChI is InChI=1S/2C29H33NO5/c1-6-33-25(31)15-20-11-13-21(14-12-20)30-16-24-26(29(30)32)28(34-17-18(2)3)23-10-8-7-9-22(23)27(24)35-19(4)5;1-6-33-25(31)15-20-11-13-21(14-12-20)30-16-24-26(29(30)32)28(35-19(4)5)23-10-8-7-9-22(23)27(24)34-17-18(2)3/h2*7-14,18-19H,6,15-17H2,1-5H3. The third kappa shape index (κ3) is 11.3. The second-order valence-corrected chi connectivity index (χ2v) is 18.9. The second kappa shape index (κ2) is 22.6. The second-order valence-electron chi connectivity index (χ2n) is 18.9. The lowest BCUT2D eigenvalue weighted by Gasteiger charge is -2.20. The van der Waals surface area contributed by atoms with Crippen molar-refractivity contribution in [3.63, 3.8) is 0 Å². The molecule has 368 valence electrons. The fourth-order valence-corrected chi connectivity index (χ4v) is 8.64. The first-order valence-electron chi connectivity index (χ1n) is 24.5. The molecule has 6 aromatic carbocycles. The topological polar surface area (TPSA) is 130 Å². The van der Waals surface area contributed by atoms with Gasteiger partial charge in [-0.25, -0.2) is 0 Å². The molecule has 0 aromatic heterocycles. The average Bonchev–Trinajstić information content (AvgIpc) is 3.85. The van der Waals surface area contributed by atoms with Gasteiger partial charge in [-0.2, -0.15) is 0 Å². The van der Waals surface area contributed by atoms with Gasteiger partial charge in [0.25, 0.3) is 11.8 Å². The first-order chi connectivity index (χ1) is 33.6. The number of esters is 2. The first-order valence-corrected chi connectivity index (χ1v) is 24.5. The lowest BCUT2D eigenvalue weighted by molar-refractivity contribution is -0.143. The molecule has 12 heteroatoms. The molecule has 2 amide bonds. The molecule has 12 nitrogen and oxygen atoms in total. The molecular weight excluding hydrogens is 885 g/mol. The third-order valence-corrected chi connectivity index (χ3v) is 11.6. The van der Waals surface area contributed by atoms with Gasteiger partial charge in [0.05, 0.1) is 75.7 Å². The molecule has 70 heavy (non-hydrogen) atoms. The zero-order chi connectivity index (χ0) is 50.2. The summed E-state index contributed by atoms with van der Waals surface area (Å²) in [5.41, 5.74) is 6.01. The quantitative estimate of drug-likeness (QED) is 0.0768. The van der Waals surface area contributed by atoms with Gasteiger partial charge < -0.3 is 38.2 Å². The number of benzene rings is 6. The van der Waals surface area contributed by atoms with Crippen LogP contribution in [0.4, 0.5) is 11.4 Å². The summed E-state index contributed by atoms with van der Waals surface area (Å²) >= 11 is 0. The Kier molecular flexibility index (Phi) is 16.4. The summed E-state index contributed by atoms with van der Waals surface area (Å²) < 4.78 is 35.2. The predicted molar refractivity (Wildman–Crippen MR) is 275 cm³/mol. The number of carbonyl (C=O) groups is 4. The third-order valence-electron chi connectivity index (χ3n) is 11.6. The highest BCUT2D eigenvalue weighted by Gasteiger charge is 2.39. The average molecular weight is 951 g/mol. The van der Waals surface area contributed by atoms with Gasteiger partial charge in [-0.15, -0.1) is 0 Å². The van der Waals surface area contributed by atoms with Crippen LogP contribution in [0.2, 0.25) is 0 Å². The number of rotatable bonds is 18. The summed E-state index contributed by atoms with van der Waals surface area (Å²) in [5, 5.41) is 3.64. The van der Waals surface area contributed by atoms with Gasteiger partial charge in [0.15, 0.2) is 0 Å². The normalized spacial score (nSPS) is 13.0. The number of fused-ring (bicyclic) bond motifs is 4. The molecule has 2 aliphatic heterocycles. The van der Waals surface area contributed by atoms with E-state index < -0.39 is 0 Å². The molecule has 0 fully saturated rings. The summed E-state index contributed by atoms with van der Waals surface area (Å²) in [4.78, 5) is 54.7. The van der Waals surface area contributed by atoms with Crippen molar-refractivity contribution in [1.82, 2.24) is 0 Å². The predicted octanol–water partition coefficient (Wildman–Crippen LogP) is 11.9. The number of nitrogens with zero attached hydrogens (tertiary/aromatic N) is 2. The van der Waals surface area contributed by atoms with Crippen molar-refractivity contribution in [1.29, 1.82) is 0 Å². The Morgan fingerprint density at radius 1 is 0.486 bits per heavy atom. The van der Waals surface area contributed by atoms with Crippen LogP contribution in [0.3, 0.4) is 0 Å². The van der Waals surface area contributed by atoms with Gasteiger partial charge in [0, 0.05) is 44.0 Å². The Labute approximate surface area is 411 Å². The minimum Gasteiger partial charge on any atom is -0.492 e. The Morgan fingerprint density at radius 3 is 1.26 bits per heavy atom. The van der Waals surface area contributed by atoms with E-state index >= 15 is 0 Å². The fraction of sp³-hybridized carbons (Fsp3) is 0.379. The van der Waals surface area contributed by atoms with E-state index in [1.807, 2.05) is 125 Å². The van der Waals surface area contributed by atoms with Crippen LogP contribution in [0.1, 0.15) is 112 Å². The smallest absolute Gasteiger partial charge is 0.310 e. The number of carbonyl (C=O) groups excluding carboxylic acids is 4. The summed E-state index contributed by atoms with van der Waals surface area (Å²) in [7, 11) is 0. The molecular formula is C58H66N2O10. The maximum absolute atomic E-state index is 13.8.